The Kier molecular flexibility index (Phi) is 5.05. The number of carbonyl (C=O) groups is 2. The molecule has 0 spiro atoms. The monoisotopic (exact) mass is 213 g/mol. The standard InChI is InChI=1S/C11H19NO3/c1-5-6-8(2)12-9(13)7-11(3,4)10(14)15/h5,8H,1,6-7H2,2-4H3,(H,12,13)(H,14,15). The number of hydrogen-bond donors (Lipinski definition) is 2. The van der Waals surface area contributed by atoms with Crippen molar-refractivity contribution in [2.75, 3.05) is 0 Å². The van der Waals surface area contributed by atoms with Crippen LogP contribution < -0.4 is 5.32 Å². The number of carbonyl (C=O) groups excluding carboxylic acids is 1. The average Bonchev–Trinajstić information content (AvgIpc) is 2.02. The molecule has 0 radical (unpaired) electrons. The van der Waals surface area contributed by atoms with Gasteiger partial charge in [-0.15, -0.1) is 6.58 Å². The van der Waals surface area contributed by atoms with Crippen LogP contribution in [0.3, 0.4) is 0 Å². The number of carboxylic acids is 1. The van der Waals surface area contributed by atoms with Gasteiger partial charge in [0.15, 0.2) is 0 Å². The largest absolute Gasteiger partial charge is 0.481 e. The maximum absolute atomic E-state index is 11.4. The molecule has 0 saturated carbocycles. The summed E-state index contributed by atoms with van der Waals surface area (Å²) in [5.41, 5.74) is -1.02. The molecule has 0 saturated heterocycles. The zero-order valence-corrected chi connectivity index (χ0v) is 9.54. The van der Waals surface area contributed by atoms with Crippen molar-refractivity contribution >= 4 is 11.9 Å². The lowest BCUT2D eigenvalue weighted by atomic mass is 9.89. The van der Waals surface area contributed by atoms with Gasteiger partial charge >= 0.3 is 5.97 Å². The summed E-state index contributed by atoms with van der Waals surface area (Å²) in [5, 5.41) is 11.5. The molecule has 86 valence electrons. The predicted octanol–water partition coefficient (Wildman–Crippen LogP) is 1.57. The van der Waals surface area contributed by atoms with E-state index >= 15 is 0 Å². The Morgan fingerprint density at radius 3 is 2.47 bits per heavy atom. The third-order valence-corrected chi connectivity index (χ3v) is 2.11. The van der Waals surface area contributed by atoms with Crippen molar-refractivity contribution in [3.63, 3.8) is 0 Å². The molecule has 0 aliphatic heterocycles. The maximum atomic E-state index is 11.4. The minimum absolute atomic E-state index is 0.000375. The van der Waals surface area contributed by atoms with E-state index in [-0.39, 0.29) is 18.4 Å². The Bertz CT molecular complexity index is 259. The number of carboxylic acid groups (broad SMARTS) is 1. The molecule has 15 heavy (non-hydrogen) atoms. The molecule has 4 nitrogen and oxygen atoms in total. The van der Waals surface area contributed by atoms with Gasteiger partial charge in [-0.2, -0.15) is 0 Å². The predicted molar refractivity (Wildman–Crippen MR) is 58.5 cm³/mol. The van der Waals surface area contributed by atoms with Gasteiger partial charge < -0.3 is 10.4 Å². The Morgan fingerprint density at radius 2 is 2.07 bits per heavy atom. The molecule has 0 bridgehead atoms. The first-order chi connectivity index (χ1) is 6.79. The van der Waals surface area contributed by atoms with Crippen LogP contribution in [0.25, 0.3) is 0 Å². The zero-order chi connectivity index (χ0) is 12.1. The summed E-state index contributed by atoms with van der Waals surface area (Å²) in [5.74, 6) is -1.20. The van der Waals surface area contributed by atoms with Crippen LogP contribution >= 0.6 is 0 Å². The van der Waals surface area contributed by atoms with E-state index in [1.54, 1.807) is 6.08 Å². The molecule has 2 N–H and O–H groups in total. The van der Waals surface area contributed by atoms with E-state index < -0.39 is 11.4 Å². The Morgan fingerprint density at radius 1 is 1.53 bits per heavy atom. The lowest BCUT2D eigenvalue weighted by Gasteiger charge is -2.20. The van der Waals surface area contributed by atoms with Crippen molar-refractivity contribution in [1.82, 2.24) is 5.32 Å². The number of amides is 1. The van der Waals surface area contributed by atoms with Crippen LogP contribution in [0.4, 0.5) is 0 Å². The van der Waals surface area contributed by atoms with Crippen LogP contribution in [-0.2, 0) is 9.59 Å². The van der Waals surface area contributed by atoms with Gasteiger partial charge in [0, 0.05) is 12.5 Å². The molecule has 0 aromatic rings. The van der Waals surface area contributed by atoms with Gasteiger partial charge in [-0.3, -0.25) is 9.59 Å². The molecule has 1 amide bonds. The van der Waals surface area contributed by atoms with Crippen molar-refractivity contribution in [2.45, 2.75) is 39.7 Å². The molecule has 0 aromatic heterocycles. The van der Waals surface area contributed by atoms with E-state index in [2.05, 4.69) is 11.9 Å². The molecular weight excluding hydrogens is 194 g/mol. The van der Waals surface area contributed by atoms with Crippen LogP contribution in [0.5, 0.6) is 0 Å². The second-order valence-corrected chi connectivity index (χ2v) is 4.36. The summed E-state index contributed by atoms with van der Waals surface area (Å²) in [6, 6.07) is -0.000375. The van der Waals surface area contributed by atoms with Crippen molar-refractivity contribution in [3.05, 3.63) is 12.7 Å². The molecule has 0 aromatic carbocycles. The van der Waals surface area contributed by atoms with Gasteiger partial charge in [0.1, 0.15) is 0 Å². The first-order valence-corrected chi connectivity index (χ1v) is 4.93. The highest BCUT2D eigenvalue weighted by molar-refractivity contribution is 5.84. The molecular formula is C11H19NO3. The Labute approximate surface area is 90.4 Å². The normalized spacial score (nSPS) is 13.0. The highest BCUT2D eigenvalue weighted by Crippen LogP contribution is 2.20. The summed E-state index contributed by atoms with van der Waals surface area (Å²) in [6.07, 6.45) is 2.39. The fourth-order valence-corrected chi connectivity index (χ4v) is 1.11. The zero-order valence-electron chi connectivity index (χ0n) is 9.54. The van der Waals surface area contributed by atoms with Gasteiger partial charge in [-0.05, 0) is 27.2 Å². The van der Waals surface area contributed by atoms with E-state index in [1.165, 1.54) is 13.8 Å². The van der Waals surface area contributed by atoms with E-state index in [1.807, 2.05) is 6.92 Å². The van der Waals surface area contributed by atoms with Crippen molar-refractivity contribution in [3.8, 4) is 0 Å². The maximum Gasteiger partial charge on any atom is 0.309 e. The van der Waals surface area contributed by atoms with Gasteiger partial charge in [0.2, 0.25) is 5.91 Å². The van der Waals surface area contributed by atoms with E-state index in [4.69, 9.17) is 5.11 Å². The SMILES string of the molecule is C=CCC(C)NC(=O)CC(C)(C)C(=O)O. The smallest absolute Gasteiger partial charge is 0.309 e. The third kappa shape index (κ3) is 5.20. The number of rotatable bonds is 6. The van der Waals surface area contributed by atoms with Crippen LogP contribution in [0, 0.1) is 5.41 Å². The summed E-state index contributed by atoms with van der Waals surface area (Å²) in [6.45, 7) is 8.49. The topological polar surface area (TPSA) is 66.4 Å². The van der Waals surface area contributed by atoms with Crippen LogP contribution in [-0.4, -0.2) is 23.0 Å². The van der Waals surface area contributed by atoms with Crippen LogP contribution in [0.2, 0.25) is 0 Å². The number of hydrogen-bond acceptors (Lipinski definition) is 2. The summed E-state index contributed by atoms with van der Waals surface area (Å²) in [4.78, 5) is 22.2. The highest BCUT2D eigenvalue weighted by atomic mass is 16.4. The van der Waals surface area contributed by atoms with E-state index in [0.29, 0.717) is 6.42 Å². The molecule has 0 fully saturated rings. The highest BCUT2D eigenvalue weighted by Gasteiger charge is 2.30. The molecule has 0 heterocycles. The fourth-order valence-electron chi connectivity index (χ4n) is 1.11. The average molecular weight is 213 g/mol. The quantitative estimate of drug-likeness (QED) is 0.658. The second kappa shape index (κ2) is 5.53. The van der Waals surface area contributed by atoms with Crippen molar-refractivity contribution in [1.29, 1.82) is 0 Å². The molecule has 1 unspecified atom stereocenters. The molecule has 0 rings (SSSR count). The van der Waals surface area contributed by atoms with E-state index in [0.717, 1.165) is 0 Å². The fraction of sp³-hybridized carbons (Fsp3) is 0.636. The Hall–Kier alpha value is -1.32. The molecule has 1 atom stereocenters. The van der Waals surface area contributed by atoms with Crippen molar-refractivity contribution < 1.29 is 14.7 Å². The lowest BCUT2D eigenvalue weighted by Crippen LogP contribution is -2.37. The molecule has 0 aliphatic rings. The Balaban J connectivity index is 4.14. The molecule has 0 aliphatic carbocycles. The lowest BCUT2D eigenvalue weighted by molar-refractivity contribution is -0.149. The van der Waals surface area contributed by atoms with Crippen molar-refractivity contribution in [2.24, 2.45) is 5.41 Å². The van der Waals surface area contributed by atoms with Gasteiger partial charge in [0.05, 0.1) is 5.41 Å². The van der Waals surface area contributed by atoms with Gasteiger partial charge in [-0.1, -0.05) is 6.08 Å². The van der Waals surface area contributed by atoms with Crippen LogP contribution in [0.15, 0.2) is 12.7 Å². The van der Waals surface area contributed by atoms with Gasteiger partial charge in [0.25, 0.3) is 0 Å². The first kappa shape index (κ1) is 13.7. The van der Waals surface area contributed by atoms with E-state index in [9.17, 15) is 9.59 Å². The molecule has 4 heteroatoms. The summed E-state index contributed by atoms with van der Waals surface area (Å²) >= 11 is 0. The van der Waals surface area contributed by atoms with Gasteiger partial charge in [-0.25, -0.2) is 0 Å². The third-order valence-electron chi connectivity index (χ3n) is 2.11. The summed E-state index contributed by atoms with van der Waals surface area (Å²) in [7, 11) is 0. The summed E-state index contributed by atoms with van der Waals surface area (Å²) < 4.78 is 0. The van der Waals surface area contributed by atoms with Crippen LogP contribution in [0.1, 0.15) is 33.6 Å². The number of aliphatic carboxylic acids is 1. The minimum Gasteiger partial charge on any atom is -0.481 e. The second-order valence-electron chi connectivity index (χ2n) is 4.36. The number of nitrogens with one attached hydrogen (secondary N) is 1. The first-order valence-electron chi connectivity index (χ1n) is 4.93. The minimum atomic E-state index is -1.02.